The fourth-order valence-corrected chi connectivity index (χ4v) is 2.43. The second-order valence-corrected chi connectivity index (χ2v) is 6.07. The molecule has 0 spiro atoms. The van der Waals surface area contributed by atoms with E-state index in [1.165, 1.54) is 0 Å². The molecular formula is C15H20INO3. The maximum atomic E-state index is 11.8. The average Bonchev–Trinajstić information content (AvgIpc) is 2.96. The molecule has 1 amide bonds. The SMILES string of the molecule is O=C(NCCCOCC1CCCO1)c1ccc(I)cc1. The molecule has 0 saturated carbocycles. The van der Waals surface area contributed by atoms with Crippen molar-refractivity contribution < 1.29 is 14.3 Å². The van der Waals surface area contributed by atoms with Gasteiger partial charge in [0.15, 0.2) is 0 Å². The predicted molar refractivity (Wildman–Crippen MR) is 85.9 cm³/mol. The molecule has 1 aromatic rings. The van der Waals surface area contributed by atoms with Gasteiger partial charge < -0.3 is 14.8 Å². The Morgan fingerprint density at radius 2 is 2.20 bits per heavy atom. The van der Waals surface area contributed by atoms with Crippen molar-refractivity contribution in [2.75, 3.05) is 26.4 Å². The lowest BCUT2D eigenvalue weighted by atomic mass is 10.2. The summed E-state index contributed by atoms with van der Waals surface area (Å²) >= 11 is 2.22. The van der Waals surface area contributed by atoms with Crippen LogP contribution in [-0.4, -0.2) is 38.4 Å². The van der Waals surface area contributed by atoms with E-state index in [-0.39, 0.29) is 12.0 Å². The highest BCUT2D eigenvalue weighted by molar-refractivity contribution is 14.1. The van der Waals surface area contributed by atoms with Crippen LogP contribution in [0.4, 0.5) is 0 Å². The van der Waals surface area contributed by atoms with Gasteiger partial charge >= 0.3 is 0 Å². The van der Waals surface area contributed by atoms with Crippen LogP contribution in [0, 0.1) is 3.57 Å². The highest BCUT2D eigenvalue weighted by atomic mass is 127. The van der Waals surface area contributed by atoms with Gasteiger partial charge in [-0.1, -0.05) is 0 Å². The van der Waals surface area contributed by atoms with Crippen LogP contribution in [0.25, 0.3) is 0 Å². The number of carbonyl (C=O) groups excluding carboxylic acids is 1. The molecule has 110 valence electrons. The number of halogens is 1. The molecule has 0 aliphatic carbocycles. The Kier molecular flexibility index (Phi) is 6.75. The van der Waals surface area contributed by atoms with E-state index in [4.69, 9.17) is 9.47 Å². The van der Waals surface area contributed by atoms with Crippen LogP contribution in [0.2, 0.25) is 0 Å². The summed E-state index contributed by atoms with van der Waals surface area (Å²) in [7, 11) is 0. The summed E-state index contributed by atoms with van der Waals surface area (Å²) in [6.07, 6.45) is 3.34. The van der Waals surface area contributed by atoms with Gasteiger partial charge in [0.1, 0.15) is 0 Å². The fraction of sp³-hybridized carbons (Fsp3) is 0.533. The zero-order valence-corrected chi connectivity index (χ0v) is 13.6. The van der Waals surface area contributed by atoms with E-state index in [2.05, 4.69) is 27.9 Å². The third-order valence-corrected chi connectivity index (χ3v) is 3.90. The van der Waals surface area contributed by atoms with E-state index in [1.54, 1.807) is 0 Å². The van der Waals surface area contributed by atoms with Crippen molar-refractivity contribution in [1.82, 2.24) is 5.32 Å². The average molecular weight is 389 g/mol. The lowest BCUT2D eigenvalue weighted by Crippen LogP contribution is -2.25. The summed E-state index contributed by atoms with van der Waals surface area (Å²) in [4.78, 5) is 11.8. The molecule has 5 heteroatoms. The molecular weight excluding hydrogens is 369 g/mol. The van der Waals surface area contributed by atoms with Crippen molar-refractivity contribution in [2.45, 2.75) is 25.4 Å². The predicted octanol–water partition coefficient (Wildman–Crippen LogP) is 2.61. The lowest BCUT2D eigenvalue weighted by Gasteiger charge is -2.10. The van der Waals surface area contributed by atoms with Gasteiger partial charge in [-0.05, 0) is 66.1 Å². The quantitative estimate of drug-likeness (QED) is 0.576. The molecule has 1 aliphatic heterocycles. The Hall–Kier alpha value is -0.660. The summed E-state index contributed by atoms with van der Waals surface area (Å²) in [6, 6.07) is 7.54. The van der Waals surface area contributed by atoms with E-state index in [9.17, 15) is 4.79 Å². The van der Waals surface area contributed by atoms with Crippen LogP contribution in [0.3, 0.4) is 0 Å². The van der Waals surface area contributed by atoms with E-state index in [1.807, 2.05) is 24.3 Å². The van der Waals surface area contributed by atoms with Crippen molar-refractivity contribution >= 4 is 28.5 Å². The highest BCUT2D eigenvalue weighted by Crippen LogP contribution is 2.11. The monoisotopic (exact) mass is 389 g/mol. The van der Waals surface area contributed by atoms with Crippen molar-refractivity contribution in [1.29, 1.82) is 0 Å². The van der Waals surface area contributed by atoms with E-state index >= 15 is 0 Å². The zero-order valence-electron chi connectivity index (χ0n) is 11.4. The van der Waals surface area contributed by atoms with Gasteiger partial charge in [-0.25, -0.2) is 0 Å². The van der Waals surface area contributed by atoms with Crippen molar-refractivity contribution in [2.24, 2.45) is 0 Å². The van der Waals surface area contributed by atoms with Crippen LogP contribution in [-0.2, 0) is 9.47 Å². The third kappa shape index (κ3) is 5.38. The summed E-state index contributed by atoms with van der Waals surface area (Å²) in [5, 5.41) is 2.89. The highest BCUT2D eigenvalue weighted by Gasteiger charge is 2.14. The molecule has 4 nitrogen and oxygen atoms in total. The van der Waals surface area contributed by atoms with Crippen LogP contribution < -0.4 is 5.32 Å². The van der Waals surface area contributed by atoms with Gasteiger partial charge in [-0.3, -0.25) is 4.79 Å². The number of hydrogen-bond donors (Lipinski definition) is 1. The molecule has 1 unspecified atom stereocenters. The minimum atomic E-state index is -0.0273. The van der Waals surface area contributed by atoms with Gasteiger partial charge in [0.25, 0.3) is 5.91 Å². The van der Waals surface area contributed by atoms with Crippen LogP contribution in [0.15, 0.2) is 24.3 Å². The molecule has 0 bridgehead atoms. The van der Waals surface area contributed by atoms with Gasteiger partial charge in [0.05, 0.1) is 12.7 Å². The maximum absolute atomic E-state index is 11.8. The standard InChI is InChI=1S/C15H20INO3/c16-13-6-4-12(5-7-13)15(18)17-8-2-9-19-11-14-3-1-10-20-14/h4-7,14H,1-3,8-11H2,(H,17,18). The van der Waals surface area contributed by atoms with Crippen LogP contribution >= 0.6 is 22.6 Å². The van der Waals surface area contributed by atoms with E-state index < -0.39 is 0 Å². The first-order valence-corrected chi connectivity index (χ1v) is 8.07. The lowest BCUT2D eigenvalue weighted by molar-refractivity contribution is 0.0166. The molecule has 2 rings (SSSR count). The molecule has 1 fully saturated rings. The van der Waals surface area contributed by atoms with Crippen molar-refractivity contribution in [3.8, 4) is 0 Å². The zero-order chi connectivity index (χ0) is 14.2. The molecule has 20 heavy (non-hydrogen) atoms. The molecule has 1 heterocycles. The topological polar surface area (TPSA) is 47.6 Å². The second-order valence-electron chi connectivity index (χ2n) is 4.83. The van der Waals surface area contributed by atoms with Crippen LogP contribution in [0.1, 0.15) is 29.6 Å². The Morgan fingerprint density at radius 3 is 2.90 bits per heavy atom. The Morgan fingerprint density at radius 1 is 1.40 bits per heavy atom. The molecule has 1 aliphatic rings. The van der Waals surface area contributed by atoms with E-state index in [0.717, 1.165) is 29.4 Å². The summed E-state index contributed by atoms with van der Waals surface area (Å²) in [5.74, 6) is -0.0273. The summed E-state index contributed by atoms with van der Waals surface area (Å²) in [6.45, 7) is 2.83. The minimum Gasteiger partial charge on any atom is -0.379 e. The number of ether oxygens (including phenoxy) is 2. The van der Waals surface area contributed by atoms with Crippen molar-refractivity contribution in [3.63, 3.8) is 0 Å². The van der Waals surface area contributed by atoms with Gasteiger partial charge in [0, 0.05) is 28.9 Å². The molecule has 1 aromatic carbocycles. The Labute approximate surface area is 133 Å². The third-order valence-electron chi connectivity index (χ3n) is 3.19. The summed E-state index contributed by atoms with van der Waals surface area (Å²) < 4.78 is 12.1. The van der Waals surface area contributed by atoms with Gasteiger partial charge in [-0.15, -0.1) is 0 Å². The number of hydrogen-bond acceptors (Lipinski definition) is 3. The smallest absolute Gasteiger partial charge is 0.251 e. The Bertz CT molecular complexity index is 416. The largest absolute Gasteiger partial charge is 0.379 e. The Balaban J connectivity index is 1.54. The number of carbonyl (C=O) groups is 1. The number of benzene rings is 1. The van der Waals surface area contributed by atoms with E-state index in [0.29, 0.717) is 25.3 Å². The fourth-order valence-electron chi connectivity index (χ4n) is 2.07. The van der Waals surface area contributed by atoms with Gasteiger partial charge in [-0.2, -0.15) is 0 Å². The minimum absolute atomic E-state index is 0.0273. The van der Waals surface area contributed by atoms with Crippen LogP contribution in [0.5, 0.6) is 0 Å². The molecule has 0 aromatic heterocycles. The van der Waals surface area contributed by atoms with Gasteiger partial charge in [0.2, 0.25) is 0 Å². The molecule has 0 radical (unpaired) electrons. The number of amides is 1. The number of nitrogens with one attached hydrogen (secondary N) is 1. The maximum Gasteiger partial charge on any atom is 0.251 e. The first kappa shape index (κ1) is 15.7. The first-order chi connectivity index (χ1) is 9.75. The normalized spacial score (nSPS) is 18.1. The number of rotatable bonds is 7. The van der Waals surface area contributed by atoms with Crippen molar-refractivity contribution in [3.05, 3.63) is 33.4 Å². The molecule has 1 atom stereocenters. The molecule has 1 N–H and O–H groups in total. The summed E-state index contributed by atoms with van der Waals surface area (Å²) in [5.41, 5.74) is 0.700. The first-order valence-electron chi connectivity index (χ1n) is 6.99. The molecule has 1 saturated heterocycles. The second kappa shape index (κ2) is 8.59.